The van der Waals surface area contributed by atoms with Crippen molar-refractivity contribution >= 4 is 28.5 Å². The summed E-state index contributed by atoms with van der Waals surface area (Å²) in [5.74, 6) is -2.09. The van der Waals surface area contributed by atoms with Crippen LogP contribution in [0.15, 0.2) is 12.1 Å². The number of likely N-dealkylation sites (tertiary alicyclic amines) is 1. The number of nitrogens with zero attached hydrogens (tertiary/aromatic N) is 2. The zero-order chi connectivity index (χ0) is 14.9. The fraction of sp³-hybridized carbons (Fsp3) is 0.500. The maximum atomic E-state index is 14.0. The third kappa shape index (κ3) is 3.11. The Hall–Kier alpha value is -0.760. The summed E-state index contributed by atoms with van der Waals surface area (Å²) in [5, 5.41) is 0. The molecule has 0 aromatic heterocycles. The second kappa shape index (κ2) is 6.34. The molecule has 0 N–H and O–H groups in total. The maximum Gasteiger partial charge on any atom is 0.259 e. The Morgan fingerprint density at radius 1 is 1.30 bits per heavy atom. The molecule has 20 heavy (non-hydrogen) atoms. The molecule has 1 fully saturated rings. The second-order valence-corrected chi connectivity index (χ2v) is 6.37. The van der Waals surface area contributed by atoms with Gasteiger partial charge in [-0.05, 0) is 61.7 Å². The molecule has 1 aliphatic rings. The molecular formula is C14H17F2IN2O. The molecule has 1 saturated heterocycles. The van der Waals surface area contributed by atoms with Gasteiger partial charge in [-0.3, -0.25) is 4.79 Å². The van der Waals surface area contributed by atoms with Gasteiger partial charge in [0.2, 0.25) is 0 Å². The topological polar surface area (TPSA) is 23.6 Å². The van der Waals surface area contributed by atoms with Gasteiger partial charge in [-0.2, -0.15) is 0 Å². The third-order valence-electron chi connectivity index (χ3n) is 3.74. The normalized spacial score (nSPS) is 16.8. The van der Waals surface area contributed by atoms with Crippen LogP contribution in [-0.2, 0) is 0 Å². The van der Waals surface area contributed by atoms with Gasteiger partial charge in [0.15, 0.2) is 5.82 Å². The lowest BCUT2D eigenvalue weighted by molar-refractivity contribution is 0.0653. The maximum absolute atomic E-state index is 14.0. The van der Waals surface area contributed by atoms with Crippen molar-refractivity contribution in [2.24, 2.45) is 0 Å². The Balaban J connectivity index is 2.16. The van der Waals surface area contributed by atoms with Crippen molar-refractivity contribution in [2.45, 2.75) is 18.9 Å². The molecule has 2 rings (SSSR count). The van der Waals surface area contributed by atoms with Gasteiger partial charge in [0.05, 0.1) is 0 Å². The summed E-state index contributed by atoms with van der Waals surface area (Å²) in [4.78, 5) is 16.0. The van der Waals surface area contributed by atoms with E-state index in [1.165, 1.54) is 11.0 Å². The zero-order valence-electron chi connectivity index (χ0n) is 11.5. The Labute approximate surface area is 131 Å². The van der Waals surface area contributed by atoms with Gasteiger partial charge in [-0.25, -0.2) is 8.78 Å². The lowest BCUT2D eigenvalue weighted by atomic mass is 10.0. The van der Waals surface area contributed by atoms with Gasteiger partial charge in [0, 0.05) is 22.7 Å². The molecule has 1 aromatic rings. The summed E-state index contributed by atoms with van der Waals surface area (Å²) in [6.45, 7) is 1.07. The molecule has 0 saturated carbocycles. The molecule has 0 atom stereocenters. The number of carbonyl (C=O) groups is 1. The fourth-order valence-electron chi connectivity index (χ4n) is 2.47. The molecule has 0 radical (unpaired) electrons. The summed E-state index contributed by atoms with van der Waals surface area (Å²) in [7, 11) is 4.00. The Morgan fingerprint density at radius 2 is 1.90 bits per heavy atom. The van der Waals surface area contributed by atoms with Gasteiger partial charge in [-0.1, -0.05) is 0 Å². The summed E-state index contributed by atoms with van der Waals surface area (Å²) in [6.07, 6.45) is 1.65. The van der Waals surface area contributed by atoms with Crippen LogP contribution < -0.4 is 0 Å². The summed E-state index contributed by atoms with van der Waals surface area (Å²) < 4.78 is 28.0. The van der Waals surface area contributed by atoms with Crippen LogP contribution in [0.2, 0.25) is 0 Å². The van der Waals surface area contributed by atoms with E-state index < -0.39 is 23.1 Å². The van der Waals surface area contributed by atoms with Crippen LogP contribution in [0.4, 0.5) is 8.78 Å². The summed E-state index contributed by atoms with van der Waals surface area (Å²) in [5.41, 5.74) is -0.430. The molecule has 1 aliphatic heterocycles. The highest BCUT2D eigenvalue weighted by Gasteiger charge is 2.28. The Morgan fingerprint density at radius 3 is 2.45 bits per heavy atom. The number of piperidine rings is 1. The number of rotatable bonds is 2. The minimum Gasteiger partial charge on any atom is -0.338 e. The molecule has 3 nitrogen and oxygen atoms in total. The molecular weight excluding hydrogens is 377 g/mol. The fourth-order valence-corrected chi connectivity index (χ4v) is 2.92. The predicted octanol–water partition coefficient (Wildman–Crippen LogP) is 2.74. The average molecular weight is 394 g/mol. The van der Waals surface area contributed by atoms with Crippen molar-refractivity contribution in [2.75, 3.05) is 27.2 Å². The van der Waals surface area contributed by atoms with Crippen molar-refractivity contribution in [3.63, 3.8) is 0 Å². The van der Waals surface area contributed by atoms with E-state index >= 15 is 0 Å². The van der Waals surface area contributed by atoms with Crippen LogP contribution in [0.5, 0.6) is 0 Å². The number of benzene rings is 1. The highest BCUT2D eigenvalue weighted by molar-refractivity contribution is 14.1. The first kappa shape index (κ1) is 15.6. The van der Waals surface area contributed by atoms with E-state index in [-0.39, 0.29) is 3.57 Å². The SMILES string of the molecule is CN(C)C1CCN(C(=O)c2c(F)ccc(I)c2F)CC1. The van der Waals surface area contributed by atoms with Gasteiger partial charge in [0.1, 0.15) is 11.4 Å². The van der Waals surface area contributed by atoms with Crippen molar-refractivity contribution in [1.82, 2.24) is 9.80 Å². The highest BCUT2D eigenvalue weighted by Crippen LogP contribution is 2.22. The van der Waals surface area contributed by atoms with Crippen LogP contribution in [0, 0.1) is 15.2 Å². The van der Waals surface area contributed by atoms with Crippen LogP contribution in [-0.4, -0.2) is 48.9 Å². The molecule has 0 bridgehead atoms. The standard InChI is InChI=1S/C14H17F2IN2O/c1-18(2)9-5-7-19(8-6-9)14(20)12-10(15)3-4-11(17)13(12)16/h3-4,9H,5-8H2,1-2H3. The molecule has 1 amide bonds. The van der Waals surface area contributed by atoms with Crippen LogP contribution in [0.25, 0.3) is 0 Å². The molecule has 1 aromatic carbocycles. The smallest absolute Gasteiger partial charge is 0.259 e. The average Bonchev–Trinajstić information content (AvgIpc) is 2.43. The largest absolute Gasteiger partial charge is 0.338 e. The number of carbonyl (C=O) groups excluding carboxylic acids is 1. The minimum atomic E-state index is -0.789. The molecule has 6 heteroatoms. The first-order chi connectivity index (χ1) is 9.41. The lowest BCUT2D eigenvalue weighted by Gasteiger charge is -2.35. The number of hydrogen-bond donors (Lipinski definition) is 0. The summed E-state index contributed by atoms with van der Waals surface area (Å²) in [6, 6.07) is 2.90. The number of amides is 1. The highest BCUT2D eigenvalue weighted by atomic mass is 127. The van der Waals surface area contributed by atoms with E-state index in [0.717, 1.165) is 18.9 Å². The van der Waals surface area contributed by atoms with Crippen molar-refractivity contribution < 1.29 is 13.6 Å². The zero-order valence-corrected chi connectivity index (χ0v) is 13.7. The van der Waals surface area contributed by atoms with E-state index in [0.29, 0.717) is 19.1 Å². The van der Waals surface area contributed by atoms with Gasteiger partial charge in [-0.15, -0.1) is 0 Å². The quantitative estimate of drug-likeness (QED) is 0.569. The first-order valence-electron chi connectivity index (χ1n) is 6.51. The molecule has 0 aliphatic carbocycles. The molecule has 1 heterocycles. The van der Waals surface area contributed by atoms with Crippen molar-refractivity contribution in [1.29, 1.82) is 0 Å². The number of hydrogen-bond acceptors (Lipinski definition) is 2. The van der Waals surface area contributed by atoms with Gasteiger partial charge < -0.3 is 9.80 Å². The molecule has 110 valence electrons. The third-order valence-corrected chi connectivity index (χ3v) is 4.57. The van der Waals surface area contributed by atoms with E-state index in [1.54, 1.807) is 22.6 Å². The molecule has 0 unspecified atom stereocenters. The van der Waals surface area contributed by atoms with Crippen LogP contribution in [0.1, 0.15) is 23.2 Å². The second-order valence-electron chi connectivity index (χ2n) is 5.21. The van der Waals surface area contributed by atoms with E-state index in [9.17, 15) is 13.6 Å². The van der Waals surface area contributed by atoms with Crippen molar-refractivity contribution in [3.8, 4) is 0 Å². The number of halogens is 3. The van der Waals surface area contributed by atoms with Gasteiger partial charge in [0.25, 0.3) is 5.91 Å². The lowest BCUT2D eigenvalue weighted by Crippen LogP contribution is -2.44. The van der Waals surface area contributed by atoms with Crippen LogP contribution in [0.3, 0.4) is 0 Å². The van der Waals surface area contributed by atoms with E-state index in [4.69, 9.17) is 0 Å². The monoisotopic (exact) mass is 394 g/mol. The first-order valence-corrected chi connectivity index (χ1v) is 7.59. The molecule has 0 spiro atoms. The Kier molecular flexibility index (Phi) is 4.95. The summed E-state index contributed by atoms with van der Waals surface area (Å²) >= 11 is 1.76. The predicted molar refractivity (Wildman–Crippen MR) is 81.7 cm³/mol. The minimum absolute atomic E-state index is 0.260. The van der Waals surface area contributed by atoms with Crippen molar-refractivity contribution in [3.05, 3.63) is 32.9 Å². The Bertz CT molecular complexity index is 514. The van der Waals surface area contributed by atoms with E-state index in [2.05, 4.69) is 4.90 Å². The van der Waals surface area contributed by atoms with Gasteiger partial charge >= 0.3 is 0 Å². The van der Waals surface area contributed by atoms with E-state index in [1.807, 2.05) is 14.1 Å². The van der Waals surface area contributed by atoms with Crippen LogP contribution >= 0.6 is 22.6 Å².